The maximum absolute atomic E-state index is 12.3. The van der Waals surface area contributed by atoms with Crippen LogP contribution >= 0.6 is 0 Å². The van der Waals surface area contributed by atoms with E-state index in [9.17, 15) is 9.59 Å². The zero-order valence-corrected chi connectivity index (χ0v) is 15.2. The van der Waals surface area contributed by atoms with E-state index in [1.807, 2.05) is 29.0 Å². The van der Waals surface area contributed by atoms with Crippen LogP contribution in [0, 0.1) is 5.92 Å². The second-order valence-corrected chi connectivity index (χ2v) is 7.05. The van der Waals surface area contributed by atoms with Crippen LogP contribution in [0.1, 0.15) is 37.4 Å². The Morgan fingerprint density at radius 1 is 1.35 bits per heavy atom. The van der Waals surface area contributed by atoms with Crippen LogP contribution in [0.5, 0.6) is 0 Å². The third kappa shape index (κ3) is 4.31. The molecule has 1 aromatic carbocycles. The Hall–Kier alpha value is -2.63. The number of benzene rings is 1. The molecular formula is C20H26N4O2. The van der Waals surface area contributed by atoms with Gasteiger partial charge in [-0.1, -0.05) is 43.7 Å². The van der Waals surface area contributed by atoms with Gasteiger partial charge in [0.1, 0.15) is 6.04 Å². The van der Waals surface area contributed by atoms with Crippen molar-refractivity contribution in [1.82, 2.24) is 14.5 Å². The van der Waals surface area contributed by atoms with Gasteiger partial charge in [-0.3, -0.25) is 9.59 Å². The van der Waals surface area contributed by atoms with Gasteiger partial charge < -0.3 is 15.2 Å². The average molecular weight is 354 g/mol. The summed E-state index contributed by atoms with van der Waals surface area (Å²) in [7, 11) is 0. The summed E-state index contributed by atoms with van der Waals surface area (Å²) in [4.78, 5) is 30.4. The van der Waals surface area contributed by atoms with Crippen molar-refractivity contribution >= 4 is 11.8 Å². The molecule has 2 N–H and O–H groups in total. The van der Waals surface area contributed by atoms with E-state index in [0.29, 0.717) is 25.3 Å². The van der Waals surface area contributed by atoms with Gasteiger partial charge in [0.15, 0.2) is 0 Å². The molecule has 0 radical (unpaired) electrons. The number of rotatable bonds is 8. The first-order valence-corrected chi connectivity index (χ1v) is 9.20. The predicted octanol–water partition coefficient (Wildman–Crippen LogP) is 1.98. The van der Waals surface area contributed by atoms with Crippen molar-refractivity contribution in [2.45, 2.75) is 45.2 Å². The number of primary amides is 1. The molecule has 0 saturated carbocycles. The lowest BCUT2D eigenvalue weighted by molar-refractivity contribution is -0.136. The summed E-state index contributed by atoms with van der Waals surface area (Å²) in [5.74, 6) is -0.117. The van der Waals surface area contributed by atoms with Crippen molar-refractivity contribution in [3.8, 4) is 0 Å². The Morgan fingerprint density at radius 3 is 2.81 bits per heavy atom. The lowest BCUT2D eigenvalue weighted by atomic mass is 10.0. The van der Waals surface area contributed by atoms with Crippen LogP contribution in [0.3, 0.4) is 0 Å². The van der Waals surface area contributed by atoms with E-state index < -0.39 is 11.9 Å². The molecular weight excluding hydrogens is 328 g/mol. The maximum atomic E-state index is 12.3. The first kappa shape index (κ1) is 18.2. The summed E-state index contributed by atoms with van der Waals surface area (Å²) in [6, 6.07) is 9.48. The molecule has 1 aliphatic heterocycles. The summed E-state index contributed by atoms with van der Waals surface area (Å²) in [5.41, 5.74) is 7.56. The van der Waals surface area contributed by atoms with Crippen LogP contribution in [-0.2, 0) is 22.6 Å². The molecule has 138 valence electrons. The Kier molecular flexibility index (Phi) is 5.71. The number of nitrogens with zero attached hydrogens (tertiary/aromatic N) is 3. The Labute approximate surface area is 154 Å². The molecule has 2 heterocycles. The fourth-order valence-corrected chi connectivity index (χ4v) is 3.67. The van der Waals surface area contributed by atoms with Crippen molar-refractivity contribution in [3.63, 3.8) is 0 Å². The Balaban J connectivity index is 1.67. The molecule has 6 heteroatoms. The number of aromatic nitrogens is 2. The van der Waals surface area contributed by atoms with E-state index in [0.717, 1.165) is 25.1 Å². The Bertz CT molecular complexity index is 756. The number of carbonyl (C=O) groups is 2. The second kappa shape index (κ2) is 8.17. The van der Waals surface area contributed by atoms with Gasteiger partial charge in [-0.2, -0.15) is 0 Å². The highest BCUT2D eigenvalue weighted by Crippen LogP contribution is 2.25. The molecule has 2 amide bonds. The van der Waals surface area contributed by atoms with Crippen molar-refractivity contribution in [1.29, 1.82) is 0 Å². The third-order valence-corrected chi connectivity index (χ3v) is 4.94. The summed E-state index contributed by atoms with van der Waals surface area (Å²) < 4.78 is 1.98. The van der Waals surface area contributed by atoms with E-state index in [-0.39, 0.29) is 5.91 Å². The molecule has 1 aliphatic rings. The summed E-state index contributed by atoms with van der Waals surface area (Å²) in [6.07, 6.45) is 6.59. The minimum Gasteiger partial charge on any atom is -0.368 e. The quantitative estimate of drug-likeness (QED) is 0.787. The molecule has 1 fully saturated rings. The van der Waals surface area contributed by atoms with Gasteiger partial charge in [0.2, 0.25) is 11.8 Å². The summed E-state index contributed by atoms with van der Waals surface area (Å²) in [6.45, 7) is 3.44. The zero-order chi connectivity index (χ0) is 18.5. The van der Waals surface area contributed by atoms with Crippen LogP contribution in [0.2, 0.25) is 0 Å². The first-order chi connectivity index (χ1) is 12.6. The topological polar surface area (TPSA) is 81.2 Å². The van der Waals surface area contributed by atoms with Crippen molar-refractivity contribution < 1.29 is 9.59 Å². The fourth-order valence-electron chi connectivity index (χ4n) is 3.67. The van der Waals surface area contributed by atoms with E-state index >= 15 is 0 Å². The average Bonchev–Trinajstić information content (AvgIpc) is 3.20. The first-order valence-electron chi connectivity index (χ1n) is 9.20. The van der Waals surface area contributed by atoms with Gasteiger partial charge in [0.05, 0.1) is 12.0 Å². The molecule has 0 aliphatic carbocycles. The SMILES string of the molecule is CCCC1CC(=O)N(C(Cc2cn(Cc3ccccc3)cn2)C(N)=O)C1. The number of nitrogens with two attached hydrogens (primary N) is 1. The minimum atomic E-state index is -0.621. The molecule has 2 atom stereocenters. The predicted molar refractivity (Wildman–Crippen MR) is 99.2 cm³/mol. The van der Waals surface area contributed by atoms with Crippen molar-refractivity contribution in [3.05, 3.63) is 54.1 Å². The molecule has 0 bridgehead atoms. The molecule has 2 unspecified atom stereocenters. The fraction of sp³-hybridized carbons (Fsp3) is 0.450. The summed E-state index contributed by atoms with van der Waals surface area (Å²) >= 11 is 0. The molecule has 1 saturated heterocycles. The zero-order valence-electron chi connectivity index (χ0n) is 15.2. The number of amides is 2. The normalized spacial score (nSPS) is 18.3. The van der Waals surface area contributed by atoms with Crippen LogP contribution in [0.15, 0.2) is 42.9 Å². The number of imidazole rings is 1. The van der Waals surface area contributed by atoms with Crippen molar-refractivity contribution in [2.24, 2.45) is 11.7 Å². The number of hydrogen-bond donors (Lipinski definition) is 1. The molecule has 26 heavy (non-hydrogen) atoms. The van der Waals surface area contributed by atoms with E-state index in [2.05, 4.69) is 24.0 Å². The van der Waals surface area contributed by atoms with Gasteiger partial charge in [0, 0.05) is 32.1 Å². The third-order valence-electron chi connectivity index (χ3n) is 4.94. The summed E-state index contributed by atoms with van der Waals surface area (Å²) in [5, 5.41) is 0. The van der Waals surface area contributed by atoms with Crippen LogP contribution in [0.25, 0.3) is 0 Å². The van der Waals surface area contributed by atoms with Crippen LogP contribution < -0.4 is 5.73 Å². The molecule has 2 aromatic rings. The highest BCUT2D eigenvalue weighted by Gasteiger charge is 2.36. The minimum absolute atomic E-state index is 0.0240. The lowest BCUT2D eigenvalue weighted by Crippen LogP contribution is -2.47. The highest BCUT2D eigenvalue weighted by molar-refractivity contribution is 5.88. The molecule has 6 nitrogen and oxygen atoms in total. The van der Waals surface area contributed by atoms with Crippen molar-refractivity contribution in [2.75, 3.05) is 6.54 Å². The van der Waals surface area contributed by atoms with Crippen LogP contribution in [-0.4, -0.2) is 38.9 Å². The second-order valence-electron chi connectivity index (χ2n) is 7.05. The van der Waals surface area contributed by atoms with E-state index in [1.165, 1.54) is 5.56 Å². The van der Waals surface area contributed by atoms with Gasteiger partial charge in [-0.05, 0) is 17.9 Å². The lowest BCUT2D eigenvalue weighted by Gasteiger charge is -2.25. The van der Waals surface area contributed by atoms with Gasteiger partial charge in [0.25, 0.3) is 0 Å². The number of carbonyl (C=O) groups excluding carboxylic acids is 2. The number of likely N-dealkylation sites (tertiary alicyclic amines) is 1. The standard InChI is InChI=1S/C20H26N4O2/c1-2-6-16-9-19(25)24(12-16)18(20(21)26)10-17-13-23(14-22-17)11-15-7-4-3-5-8-15/h3-5,7-8,13-14,16,18H,2,6,9-12H2,1H3,(H2,21,26). The molecule has 1 aromatic heterocycles. The molecule has 0 spiro atoms. The highest BCUT2D eigenvalue weighted by atomic mass is 16.2. The van der Waals surface area contributed by atoms with Gasteiger partial charge in [-0.15, -0.1) is 0 Å². The number of hydrogen-bond acceptors (Lipinski definition) is 3. The largest absolute Gasteiger partial charge is 0.368 e. The smallest absolute Gasteiger partial charge is 0.240 e. The monoisotopic (exact) mass is 354 g/mol. The van der Waals surface area contributed by atoms with Gasteiger partial charge in [-0.25, -0.2) is 4.98 Å². The van der Waals surface area contributed by atoms with Crippen LogP contribution in [0.4, 0.5) is 0 Å². The van der Waals surface area contributed by atoms with E-state index in [4.69, 9.17) is 5.73 Å². The maximum Gasteiger partial charge on any atom is 0.240 e. The molecule has 3 rings (SSSR count). The van der Waals surface area contributed by atoms with E-state index in [1.54, 1.807) is 11.2 Å². The Morgan fingerprint density at radius 2 is 2.12 bits per heavy atom. The van der Waals surface area contributed by atoms with Gasteiger partial charge >= 0.3 is 0 Å².